The van der Waals surface area contributed by atoms with Gasteiger partial charge in [-0.05, 0) is 66.2 Å². The van der Waals surface area contributed by atoms with Crippen molar-refractivity contribution < 1.29 is 13.2 Å². The van der Waals surface area contributed by atoms with E-state index in [9.17, 15) is 13.2 Å². The molecule has 4 aromatic carbocycles. The second kappa shape index (κ2) is 12.5. The minimum atomic E-state index is -4.01. The Hall–Kier alpha value is -2.33. The first-order valence-corrected chi connectivity index (χ1v) is 14.8. The molecule has 0 atom stereocenters. The number of carbonyl (C=O) groups excluding carboxylic acids is 1. The summed E-state index contributed by atoms with van der Waals surface area (Å²) in [7, 11) is -4.01. The molecule has 0 saturated carbocycles. The summed E-state index contributed by atoms with van der Waals surface area (Å²) in [4.78, 5) is 15.1. The van der Waals surface area contributed by atoms with Gasteiger partial charge < -0.3 is 5.32 Å². The van der Waals surface area contributed by atoms with Gasteiger partial charge in [0.15, 0.2) is 0 Å². The number of carbonyl (C=O) groups is 1. The standard InChI is InChI=1S/C27H21BrCl2N2O3S2/c28-20-11-13-22(14-12-20)37(34,35)32(17-19-10-15-23(29)24(30)16-19)18-27(33)31-25-8-4-5-9-26(25)36-21-6-2-1-3-7-21/h1-16H,17-18H2,(H,31,33). The summed E-state index contributed by atoms with van der Waals surface area (Å²) in [5.74, 6) is -0.471. The third kappa shape index (κ3) is 7.37. The predicted molar refractivity (Wildman–Crippen MR) is 154 cm³/mol. The van der Waals surface area contributed by atoms with E-state index < -0.39 is 22.5 Å². The van der Waals surface area contributed by atoms with Gasteiger partial charge >= 0.3 is 0 Å². The highest BCUT2D eigenvalue weighted by atomic mass is 79.9. The highest BCUT2D eigenvalue weighted by Crippen LogP contribution is 2.33. The Balaban J connectivity index is 1.59. The molecule has 0 radical (unpaired) electrons. The van der Waals surface area contributed by atoms with Crippen LogP contribution < -0.4 is 5.32 Å². The Labute approximate surface area is 239 Å². The maximum atomic E-state index is 13.6. The smallest absolute Gasteiger partial charge is 0.243 e. The van der Waals surface area contributed by atoms with Crippen LogP contribution in [0.5, 0.6) is 0 Å². The normalized spacial score (nSPS) is 11.5. The Morgan fingerprint density at radius 3 is 2.24 bits per heavy atom. The third-order valence-electron chi connectivity index (χ3n) is 5.25. The summed E-state index contributed by atoms with van der Waals surface area (Å²) in [5.41, 5.74) is 1.19. The predicted octanol–water partition coefficient (Wildman–Crippen LogP) is 7.74. The molecule has 0 saturated heterocycles. The van der Waals surface area contributed by atoms with E-state index in [2.05, 4.69) is 21.2 Å². The average molecular weight is 636 g/mol. The van der Waals surface area contributed by atoms with Crippen LogP contribution in [0.4, 0.5) is 5.69 Å². The van der Waals surface area contributed by atoms with E-state index in [1.54, 1.807) is 36.4 Å². The Kier molecular flexibility index (Phi) is 9.34. The van der Waals surface area contributed by atoms with Crippen molar-refractivity contribution in [2.24, 2.45) is 0 Å². The maximum absolute atomic E-state index is 13.6. The fourth-order valence-corrected chi connectivity index (χ4v) is 6.34. The summed E-state index contributed by atoms with van der Waals surface area (Å²) in [5, 5.41) is 3.54. The summed E-state index contributed by atoms with van der Waals surface area (Å²) in [6.45, 7) is -0.466. The van der Waals surface area contributed by atoms with Crippen molar-refractivity contribution in [2.45, 2.75) is 21.2 Å². The number of para-hydroxylation sites is 1. The quantitative estimate of drug-likeness (QED) is 0.204. The highest BCUT2D eigenvalue weighted by Gasteiger charge is 2.27. The molecule has 1 amide bonds. The van der Waals surface area contributed by atoms with Crippen LogP contribution >= 0.6 is 50.9 Å². The van der Waals surface area contributed by atoms with Gasteiger partial charge in [-0.15, -0.1) is 0 Å². The topological polar surface area (TPSA) is 66.5 Å². The minimum Gasteiger partial charge on any atom is -0.324 e. The molecule has 0 aliphatic heterocycles. The van der Waals surface area contributed by atoms with Gasteiger partial charge in [-0.2, -0.15) is 4.31 Å². The van der Waals surface area contributed by atoms with Gasteiger partial charge in [-0.1, -0.05) is 87.3 Å². The Morgan fingerprint density at radius 1 is 0.865 bits per heavy atom. The van der Waals surface area contributed by atoms with E-state index >= 15 is 0 Å². The molecule has 0 unspecified atom stereocenters. The molecule has 0 aromatic heterocycles. The van der Waals surface area contributed by atoms with Crippen molar-refractivity contribution in [1.82, 2.24) is 4.31 Å². The van der Waals surface area contributed by atoms with Crippen LogP contribution in [0.3, 0.4) is 0 Å². The third-order valence-corrected chi connectivity index (χ3v) is 9.40. The molecular formula is C27H21BrCl2N2O3S2. The molecule has 0 spiro atoms. The molecule has 0 bridgehead atoms. The van der Waals surface area contributed by atoms with Gasteiger partial charge in [0.25, 0.3) is 0 Å². The van der Waals surface area contributed by atoms with Crippen LogP contribution in [-0.2, 0) is 21.4 Å². The fourth-order valence-electron chi connectivity index (χ4n) is 3.45. The van der Waals surface area contributed by atoms with E-state index in [4.69, 9.17) is 23.2 Å². The van der Waals surface area contributed by atoms with Gasteiger partial charge in [0.05, 0.1) is 27.2 Å². The zero-order valence-electron chi connectivity index (χ0n) is 19.3. The molecule has 37 heavy (non-hydrogen) atoms. The number of rotatable bonds is 9. The van der Waals surface area contributed by atoms with Crippen LogP contribution in [0, 0.1) is 0 Å². The monoisotopic (exact) mass is 634 g/mol. The highest BCUT2D eigenvalue weighted by molar-refractivity contribution is 9.10. The van der Waals surface area contributed by atoms with E-state index in [0.717, 1.165) is 18.6 Å². The molecule has 5 nitrogen and oxygen atoms in total. The lowest BCUT2D eigenvalue weighted by Gasteiger charge is -2.22. The van der Waals surface area contributed by atoms with Crippen molar-refractivity contribution >= 4 is 72.5 Å². The van der Waals surface area contributed by atoms with E-state index in [0.29, 0.717) is 21.3 Å². The van der Waals surface area contributed by atoms with Crippen molar-refractivity contribution in [2.75, 3.05) is 11.9 Å². The summed E-state index contributed by atoms with van der Waals surface area (Å²) >= 11 is 17.0. The van der Waals surface area contributed by atoms with Crippen molar-refractivity contribution in [3.63, 3.8) is 0 Å². The average Bonchev–Trinajstić information content (AvgIpc) is 2.88. The summed E-state index contributed by atoms with van der Waals surface area (Å²) in [6, 6.07) is 28.3. The van der Waals surface area contributed by atoms with Crippen LogP contribution in [-0.4, -0.2) is 25.2 Å². The number of hydrogen-bond acceptors (Lipinski definition) is 4. The molecule has 0 heterocycles. The molecule has 0 fully saturated rings. The Morgan fingerprint density at radius 2 is 1.54 bits per heavy atom. The lowest BCUT2D eigenvalue weighted by molar-refractivity contribution is -0.116. The van der Waals surface area contributed by atoms with Gasteiger partial charge in [0, 0.05) is 20.8 Å². The summed E-state index contributed by atoms with van der Waals surface area (Å²) < 4.78 is 29.0. The van der Waals surface area contributed by atoms with Crippen molar-refractivity contribution in [3.8, 4) is 0 Å². The molecule has 4 rings (SSSR count). The van der Waals surface area contributed by atoms with Crippen LogP contribution in [0.1, 0.15) is 5.56 Å². The molecule has 1 N–H and O–H groups in total. The van der Waals surface area contributed by atoms with Gasteiger partial charge in [-0.3, -0.25) is 4.79 Å². The number of halogens is 3. The van der Waals surface area contributed by atoms with Crippen LogP contribution in [0.2, 0.25) is 10.0 Å². The Bertz CT molecular complexity index is 1500. The number of amides is 1. The van der Waals surface area contributed by atoms with E-state index in [-0.39, 0.29) is 11.4 Å². The number of nitrogens with zero attached hydrogens (tertiary/aromatic N) is 1. The van der Waals surface area contributed by atoms with Gasteiger partial charge in [0.1, 0.15) is 0 Å². The van der Waals surface area contributed by atoms with Crippen LogP contribution in [0.25, 0.3) is 0 Å². The number of hydrogen-bond donors (Lipinski definition) is 1. The number of anilines is 1. The van der Waals surface area contributed by atoms with E-state index in [1.165, 1.54) is 23.9 Å². The number of sulfonamides is 1. The molecule has 4 aromatic rings. The molecule has 190 valence electrons. The van der Waals surface area contributed by atoms with E-state index in [1.807, 2.05) is 48.5 Å². The first-order chi connectivity index (χ1) is 17.7. The second-order valence-electron chi connectivity index (χ2n) is 7.93. The second-order valence-corrected chi connectivity index (χ2v) is 12.7. The summed E-state index contributed by atoms with van der Waals surface area (Å²) in [6.07, 6.45) is 0. The molecule has 0 aliphatic rings. The fraction of sp³-hybridized carbons (Fsp3) is 0.0741. The molecular weight excluding hydrogens is 615 g/mol. The first kappa shape index (κ1) is 27.7. The SMILES string of the molecule is O=C(CN(Cc1ccc(Cl)c(Cl)c1)S(=O)(=O)c1ccc(Br)cc1)Nc1ccccc1Sc1ccccc1. The van der Waals surface area contributed by atoms with Crippen molar-refractivity contribution in [3.05, 3.63) is 117 Å². The minimum absolute atomic E-state index is 0.0664. The number of nitrogens with one attached hydrogen (secondary N) is 1. The maximum Gasteiger partial charge on any atom is 0.243 e. The molecule has 0 aliphatic carbocycles. The first-order valence-electron chi connectivity index (χ1n) is 11.0. The lowest BCUT2D eigenvalue weighted by Crippen LogP contribution is -2.37. The molecule has 10 heteroatoms. The zero-order chi connectivity index (χ0) is 26.4. The lowest BCUT2D eigenvalue weighted by atomic mass is 10.2. The largest absolute Gasteiger partial charge is 0.324 e. The number of benzene rings is 4. The van der Waals surface area contributed by atoms with Gasteiger partial charge in [-0.25, -0.2) is 8.42 Å². The van der Waals surface area contributed by atoms with Crippen molar-refractivity contribution in [1.29, 1.82) is 0 Å². The zero-order valence-corrected chi connectivity index (χ0v) is 24.0. The van der Waals surface area contributed by atoms with Gasteiger partial charge in [0.2, 0.25) is 15.9 Å². The van der Waals surface area contributed by atoms with Crippen LogP contribution in [0.15, 0.2) is 116 Å².